The molecule has 10 nitrogen and oxygen atoms in total. The summed E-state index contributed by atoms with van der Waals surface area (Å²) in [7, 11) is 1.52. The van der Waals surface area contributed by atoms with E-state index in [1.54, 1.807) is 30.3 Å². The minimum Gasteiger partial charge on any atom is -0.497 e. The molecule has 3 aromatic rings. The van der Waals surface area contributed by atoms with E-state index in [2.05, 4.69) is 26.1 Å². The highest BCUT2D eigenvalue weighted by molar-refractivity contribution is 5.95. The van der Waals surface area contributed by atoms with E-state index in [1.165, 1.54) is 13.4 Å². The molecule has 2 aromatic carbocycles. The zero-order chi connectivity index (χ0) is 21.7. The van der Waals surface area contributed by atoms with Gasteiger partial charge in [0.1, 0.15) is 12.1 Å². The van der Waals surface area contributed by atoms with Crippen molar-refractivity contribution in [2.24, 2.45) is 0 Å². The van der Waals surface area contributed by atoms with E-state index < -0.39 is 16.5 Å². The lowest BCUT2D eigenvalue weighted by molar-refractivity contribution is -0.383. The molecule has 3 N–H and O–H groups in total. The Morgan fingerprint density at radius 1 is 1.07 bits per heavy atom. The second kappa shape index (κ2) is 8.86. The van der Waals surface area contributed by atoms with Crippen molar-refractivity contribution >= 4 is 28.9 Å². The van der Waals surface area contributed by atoms with Gasteiger partial charge >= 0.3 is 5.69 Å². The third-order valence-electron chi connectivity index (χ3n) is 4.51. The number of carbonyl (C=O) groups is 1. The highest BCUT2D eigenvalue weighted by Gasteiger charge is 2.24. The molecule has 0 aliphatic heterocycles. The molecular formula is C20H20N6O4. The van der Waals surface area contributed by atoms with Crippen molar-refractivity contribution in [3.05, 3.63) is 75.6 Å². The van der Waals surface area contributed by atoms with Crippen LogP contribution >= 0.6 is 0 Å². The van der Waals surface area contributed by atoms with Crippen LogP contribution in [0.2, 0.25) is 0 Å². The van der Waals surface area contributed by atoms with E-state index in [1.807, 2.05) is 26.0 Å². The summed E-state index contributed by atoms with van der Waals surface area (Å²) in [6, 6.07) is 12.0. The number of nitrogens with zero attached hydrogens (tertiary/aromatic N) is 3. The second-order valence-corrected chi connectivity index (χ2v) is 6.36. The maximum Gasteiger partial charge on any atom is 0.355 e. The average Bonchev–Trinajstić information content (AvgIpc) is 2.75. The van der Waals surface area contributed by atoms with Crippen LogP contribution in [0.15, 0.2) is 48.8 Å². The van der Waals surface area contributed by atoms with Gasteiger partial charge in [-0.2, -0.15) is 0 Å². The third-order valence-corrected chi connectivity index (χ3v) is 4.51. The number of aryl methyl sites for hydroxylation is 1. The number of aromatic nitrogens is 2. The summed E-state index contributed by atoms with van der Waals surface area (Å²) in [5.41, 5.74) is 7.52. The fourth-order valence-corrected chi connectivity index (χ4v) is 2.68. The molecule has 0 fully saturated rings. The minimum atomic E-state index is -0.616. The number of methoxy groups -OCH3 is 1. The lowest BCUT2D eigenvalue weighted by atomic mass is 10.1. The standard InChI is InChI=1S/C20H20N6O4/c1-12-5-4-6-16(13(12)2)23-18-17(26(28)29)19(22-11-21-18)24-25-20(27)14-7-9-15(30-3)10-8-14/h4-11H,1-3H3,(H,25,27)(H2,21,22,23,24). The molecule has 0 radical (unpaired) electrons. The van der Waals surface area contributed by atoms with Gasteiger partial charge in [-0.25, -0.2) is 9.97 Å². The Labute approximate surface area is 172 Å². The topological polar surface area (TPSA) is 131 Å². The minimum absolute atomic E-state index is 0.00453. The largest absolute Gasteiger partial charge is 0.497 e. The predicted molar refractivity (Wildman–Crippen MR) is 112 cm³/mol. The first-order valence-corrected chi connectivity index (χ1v) is 8.93. The molecule has 3 rings (SSSR count). The van der Waals surface area contributed by atoms with Crippen LogP contribution < -0.4 is 20.9 Å². The normalized spacial score (nSPS) is 10.2. The molecule has 0 aliphatic rings. The molecule has 0 bridgehead atoms. The molecule has 30 heavy (non-hydrogen) atoms. The van der Waals surface area contributed by atoms with Crippen LogP contribution in [-0.4, -0.2) is 27.9 Å². The molecule has 0 saturated carbocycles. The maximum absolute atomic E-state index is 12.3. The van der Waals surface area contributed by atoms with Crippen LogP contribution in [-0.2, 0) is 0 Å². The Balaban J connectivity index is 1.82. The smallest absolute Gasteiger partial charge is 0.355 e. The Morgan fingerprint density at radius 2 is 1.77 bits per heavy atom. The summed E-state index contributed by atoms with van der Waals surface area (Å²) in [6.07, 6.45) is 1.17. The number of nitro groups is 1. The molecule has 1 heterocycles. The highest BCUT2D eigenvalue weighted by Crippen LogP contribution is 2.32. The molecule has 10 heteroatoms. The van der Waals surface area contributed by atoms with Crippen LogP contribution in [0.1, 0.15) is 21.5 Å². The Kier molecular flexibility index (Phi) is 6.06. The number of anilines is 3. The van der Waals surface area contributed by atoms with Gasteiger partial charge in [-0.3, -0.25) is 25.8 Å². The van der Waals surface area contributed by atoms with Gasteiger partial charge in [0.25, 0.3) is 5.91 Å². The summed E-state index contributed by atoms with van der Waals surface area (Å²) >= 11 is 0. The molecule has 0 atom stereocenters. The lowest BCUT2D eigenvalue weighted by Crippen LogP contribution is -2.30. The molecule has 0 saturated heterocycles. The first-order chi connectivity index (χ1) is 14.4. The van der Waals surface area contributed by atoms with Crippen molar-refractivity contribution < 1.29 is 14.5 Å². The number of hydrazine groups is 1. The van der Waals surface area contributed by atoms with E-state index >= 15 is 0 Å². The van der Waals surface area contributed by atoms with Crippen LogP contribution in [0.25, 0.3) is 0 Å². The molecule has 154 valence electrons. The number of nitrogens with one attached hydrogen (secondary N) is 3. The van der Waals surface area contributed by atoms with E-state index in [9.17, 15) is 14.9 Å². The summed E-state index contributed by atoms with van der Waals surface area (Å²) in [6.45, 7) is 3.84. The van der Waals surface area contributed by atoms with E-state index in [4.69, 9.17) is 4.74 Å². The summed E-state index contributed by atoms with van der Waals surface area (Å²) in [5.74, 6) is -0.0303. The zero-order valence-corrected chi connectivity index (χ0v) is 16.6. The van der Waals surface area contributed by atoms with Crippen molar-refractivity contribution in [3.63, 3.8) is 0 Å². The first kappa shape index (κ1) is 20.5. The Morgan fingerprint density at radius 3 is 2.43 bits per heavy atom. The van der Waals surface area contributed by atoms with Crippen LogP contribution in [0, 0.1) is 24.0 Å². The SMILES string of the molecule is COc1ccc(C(=O)NNc2ncnc(Nc3cccc(C)c3C)c2[N+](=O)[O-])cc1. The number of hydrogen-bond acceptors (Lipinski definition) is 8. The Hall–Kier alpha value is -4.21. The van der Waals surface area contributed by atoms with Crippen LogP contribution in [0.4, 0.5) is 23.0 Å². The Bertz CT molecular complexity index is 1090. The first-order valence-electron chi connectivity index (χ1n) is 8.93. The monoisotopic (exact) mass is 408 g/mol. The zero-order valence-electron chi connectivity index (χ0n) is 16.6. The van der Waals surface area contributed by atoms with Gasteiger partial charge in [0.2, 0.25) is 11.6 Å². The number of carbonyl (C=O) groups excluding carboxylic acids is 1. The predicted octanol–water partition coefficient (Wildman–Crippen LogP) is 3.51. The molecule has 0 spiro atoms. The number of benzene rings is 2. The quantitative estimate of drug-likeness (QED) is 0.400. The van der Waals surface area contributed by atoms with Crippen molar-refractivity contribution in [1.82, 2.24) is 15.4 Å². The number of ether oxygens (including phenoxy) is 1. The van der Waals surface area contributed by atoms with Gasteiger partial charge in [0.05, 0.1) is 12.0 Å². The average molecular weight is 408 g/mol. The highest BCUT2D eigenvalue weighted by atomic mass is 16.6. The van der Waals surface area contributed by atoms with Crippen molar-refractivity contribution in [2.45, 2.75) is 13.8 Å². The molecule has 1 amide bonds. The fraction of sp³-hybridized carbons (Fsp3) is 0.150. The summed E-state index contributed by atoms with van der Waals surface area (Å²) in [5, 5.41) is 14.7. The van der Waals surface area contributed by atoms with Crippen molar-refractivity contribution in [2.75, 3.05) is 17.9 Å². The van der Waals surface area contributed by atoms with Gasteiger partial charge in [-0.05, 0) is 55.3 Å². The lowest BCUT2D eigenvalue weighted by Gasteiger charge is -2.13. The maximum atomic E-state index is 12.3. The molecular weight excluding hydrogens is 388 g/mol. The third kappa shape index (κ3) is 4.43. The van der Waals surface area contributed by atoms with Crippen molar-refractivity contribution in [3.8, 4) is 5.75 Å². The van der Waals surface area contributed by atoms with E-state index in [0.717, 1.165) is 11.1 Å². The summed E-state index contributed by atoms with van der Waals surface area (Å²) < 4.78 is 5.05. The van der Waals surface area contributed by atoms with Gasteiger partial charge in [-0.15, -0.1) is 0 Å². The number of amides is 1. The molecule has 1 aromatic heterocycles. The fourth-order valence-electron chi connectivity index (χ4n) is 2.68. The summed E-state index contributed by atoms with van der Waals surface area (Å²) in [4.78, 5) is 31.3. The molecule has 0 unspecified atom stereocenters. The van der Waals surface area contributed by atoms with Crippen molar-refractivity contribution in [1.29, 1.82) is 0 Å². The second-order valence-electron chi connectivity index (χ2n) is 6.36. The van der Waals surface area contributed by atoms with Gasteiger partial charge < -0.3 is 10.1 Å². The van der Waals surface area contributed by atoms with Gasteiger partial charge in [0, 0.05) is 11.3 Å². The van der Waals surface area contributed by atoms with Crippen LogP contribution in [0.5, 0.6) is 5.75 Å². The molecule has 0 aliphatic carbocycles. The van der Waals surface area contributed by atoms with Gasteiger partial charge in [0.15, 0.2) is 0 Å². The van der Waals surface area contributed by atoms with Crippen LogP contribution in [0.3, 0.4) is 0 Å². The van der Waals surface area contributed by atoms with E-state index in [-0.39, 0.29) is 11.6 Å². The number of hydrogen-bond donors (Lipinski definition) is 3. The number of rotatable bonds is 7. The van der Waals surface area contributed by atoms with Gasteiger partial charge in [-0.1, -0.05) is 12.1 Å². The van der Waals surface area contributed by atoms with E-state index in [0.29, 0.717) is 17.0 Å².